The molecule has 27 heavy (non-hydrogen) atoms. The van der Waals surface area contributed by atoms with Crippen molar-refractivity contribution in [2.75, 3.05) is 19.6 Å². The van der Waals surface area contributed by atoms with Gasteiger partial charge in [0.1, 0.15) is 0 Å². The second-order valence-electron chi connectivity index (χ2n) is 7.20. The van der Waals surface area contributed by atoms with Gasteiger partial charge in [-0.25, -0.2) is 4.85 Å². The summed E-state index contributed by atoms with van der Waals surface area (Å²) in [5, 5.41) is 1.01. The van der Waals surface area contributed by atoms with Gasteiger partial charge in [0.05, 0.1) is 18.6 Å². The number of hydrogen-bond donors (Lipinski definition) is 0. The van der Waals surface area contributed by atoms with Crippen molar-refractivity contribution in [3.8, 4) is 5.69 Å². The first kappa shape index (κ1) is 17.5. The lowest BCUT2D eigenvalue weighted by molar-refractivity contribution is 0.0916. The molecule has 0 unspecified atom stereocenters. The van der Waals surface area contributed by atoms with E-state index in [1.54, 1.807) is 0 Å². The van der Waals surface area contributed by atoms with Crippen molar-refractivity contribution in [2.45, 2.75) is 26.2 Å². The van der Waals surface area contributed by atoms with Gasteiger partial charge in [0.25, 0.3) is 0 Å². The number of aromatic nitrogens is 1. The summed E-state index contributed by atoms with van der Waals surface area (Å²) in [5.74, 6) is 0.196. The number of nitrogens with zero attached hydrogens (tertiary/aromatic N) is 3. The van der Waals surface area contributed by atoms with Gasteiger partial charge < -0.3 is 4.57 Å². The molecule has 2 aromatic carbocycles. The molecular weight excluding hydrogens is 334 g/mol. The quantitative estimate of drug-likeness (QED) is 0.477. The van der Waals surface area contributed by atoms with E-state index in [9.17, 15) is 4.79 Å². The van der Waals surface area contributed by atoms with Crippen LogP contribution in [0.15, 0.2) is 48.5 Å². The molecule has 0 N–H and O–H groups in total. The first-order chi connectivity index (χ1) is 13.2. The van der Waals surface area contributed by atoms with Crippen LogP contribution in [0.3, 0.4) is 0 Å². The predicted molar refractivity (Wildman–Crippen MR) is 109 cm³/mol. The minimum atomic E-state index is 0.196. The number of ketones is 1. The Morgan fingerprint density at radius 2 is 1.74 bits per heavy atom. The zero-order valence-electron chi connectivity index (χ0n) is 15.6. The molecule has 2 heterocycles. The summed E-state index contributed by atoms with van der Waals surface area (Å²) in [7, 11) is 0. The van der Waals surface area contributed by atoms with Crippen LogP contribution in [0.25, 0.3) is 21.4 Å². The van der Waals surface area contributed by atoms with Crippen molar-refractivity contribution in [1.82, 2.24) is 9.47 Å². The molecule has 4 rings (SSSR count). The number of hydrogen-bond acceptors (Lipinski definition) is 2. The van der Waals surface area contributed by atoms with Crippen LogP contribution < -0.4 is 0 Å². The van der Waals surface area contributed by atoms with Crippen LogP contribution in [0.4, 0.5) is 5.69 Å². The molecule has 4 nitrogen and oxygen atoms in total. The van der Waals surface area contributed by atoms with Crippen molar-refractivity contribution in [1.29, 1.82) is 0 Å². The Morgan fingerprint density at radius 1 is 1.04 bits per heavy atom. The van der Waals surface area contributed by atoms with Gasteiger partial charge in [0, 0.05) is 22.3 Å². The lowest BCUT2D eigenvalue weighted by atomic mass is 10.0. The number of carbonyl (C=O) groups is 1. The summed E-state index contributed by atoms with van der Waals surface area (Å²) < 4.78 is 2.13. The molecule has 0 spiro atoms. The molecule has 136 valence electrons. The molecule has 3 aromatic rings. The van der Waals surface area contributed by atoms with Crippen LogP contribution in [-0.2, 0) is 0 Å². The van der Waals surface area contributed by atoms with Crippen molar-refractivity contribution >= 4 is 22.4 Å². The molecule has 0 radical (unpaired) electrons. The maximum atomic E-state index is 13.2. The van der Waals surface area contributed by atoms with E-state index in [1.165, 1.54) is 19.3 Å². The first-order valence-electron chi connectivity index (χ1n) is 9.52. The van der Waals surface area contributed by atoms with E-state index in [2.05, 4.69) is 20.4 Å². The van der Waals surface area contributed by atoms with Crippen molar-refractivity contribution < 1.29 is 4.79 Å². The fourth-order valence-corrected chi connectivity index (χ4v) is 4.13. The smallest absolute Gasteiger partial charge is 0.187 e. The lowest BCUT2D eigenvalue weighted by Crippen LogP contribution is -2.34. The topological polar surface area (TPSA) is 29.6 Å². The average molecular weight is 357 g/mol. The number of fused-ring (bicyclic) bond motifs is 1. The summed E-state index contributed by atoms with van der Waals surface area (Å²) in [5.41, 5.74) is 4.43. The molecule has 1 fully saturated rings. The molecule has 4 heteroatoms. The van der Waals surface area contributed by atoms with E-state index < -0.39 is 0 Å². The van der Waals surface area contributed by atoms with Gasteiger partial charge in [0.2, 0.25) is 0 Å². The van der Waals surface area contributed by atoms with E-state index in [-0.39, 0.29) is 5.78 Å². The predicted octanol–water partition coefficient (Wildman–Crippen LogP) is 5.16. The number of para-hydroxylation sites is 1. The van der Waals surface area contributed by atoms with Gasteiger partial charge in [-0.2, -0.15) is 0 Å². The van der Waals surface area contributed by atoms with Gasteiger partial charge in [-0.05, 0) is 51.1 Å². The Labute approximate surface area is 159 Å². The molecule has 0 aliphatic carbocycles. The lowest BCUT2D eigenvalue weighted by Gasteiger charge is -2.25. The average Bonchev–Trinajstić information content (AvgIpc) is 3.00. The van der Waals surface area contributed by atoms with Crippen LogP contribution in [0.2, 0.25) is 0 Å². The minimum Gasteiger partial charge on any atom is -0.313 e. The van der Waals surface area contributed by atoms with E-state index in [1.807, 2.05) is 49.4 Å². The molecule has 1 aliphatic heterocycles. The third kappa shape index (κ3) is 3.27. The van der Waals surface area contributed by atoms with Crippen molar-refractivity contribution in [2.24, 2.45) is 0 Å². The largest absolute Gasteiger partial charge is 0.313 e. The Morgan fingerprint density at radius 3 is 2.44 bits per heavy atom. The molecule has 0 atom stereocenters. The van der Waals surface area contributed by atoms with Gasteiger partial charge in [-0.15, -0.1) is 0 Å². The van der Waals surface area contributed by atoms with Gasteiger partial charge in [0.15, 0.2) is 11.5 Å². The van der Waals surface area contributed by atoms with Crippen molar-refractivity contribution in [3.05, 3.63) is 71.2 Å². The fraction of sp³-hybridized carbons (Fsp3) is 0.304. The van der Waals surface area contributed by atoms with E-state index in [0.717, 1.165) is 40.9 Å². The third-order valence-electron chi connectivity index (χ3n) is 5.44. The highest BCUT2D eigenvalue weighted by atomic mass is 16.1. The Hall–Kier alpha value is -2.90. The number of rotatable bonds is 4. The molecule has 0 bridgehead atoms. The Balaban J connectivity index is 1.78. The highest BCUT2D eigenvalue weighted by Gasteiger charge is 2.23. The summed E-state index contributed by atoms with van der Waals surface area (Å²) in [6, 6.07) is 15.6. The fourth-order valence-electron chi connectivity index (χ4n) is 4.13. The number of Topliss-reactive ketones (excluding diaryl/α,β-unsaturated/α-hetero) is 1. The maximum Gasteiger partial charge on any atom is 0.187 e. The Kier molecular flexibility index (Phi) is 4.79. The minimum absolute atomic E-state index is 0.196. The van der Waals surface area contributed by atoms with Crippen LogP contribution in [0.5, 0.6) is 0 Å². The molecule has 1 saturated heterocycles. The molecule has 1 aliphatic rings. The van der Waals surface area contributed by atoms with Gasteiger partial charge in [-0.1, -0.05) is 36.8 Å². The zero-order valence-corrected chi connectivity index (χ0v) is 15.6. The maximum absolute atomic E-state index is 13.2. The van der Waals surface area contributed by atoms with Gasteiger partial charge >= 0.3 is 0 Å². The van der Waals surface area contributed by atoms with E-state index in [4.69, 9.17) is 6.57 Å². The summed E-state index contributed by atoms with van der Waals surface area (Å²) >= 11 is 0. The van der Waals surface area contributed by atoms with Crippen molar-refractivity contribution in [3.63, 3.8) is 0 Å². The number of carbonyl (C=O) groups excluding carboxylic acids is 1. The SMILES string of the molecule is [C-]#[N+]c1ccc(-n2c(C)c(C(=O)CN3CCCCC3)c3ccccc32)cc1. The highest BCUT2D eigenvalue weighted by molar-refractivity contribution is 6.10. The van der Waals surface area contributed by atoms with Gasteiger partial charge in [-0.3, -0.25) is 9.69 Å². The molecule has 0 saturated carbocycles. The monoisotopic (exact) mass is 357 g/mol. The molecule has 1 aromatic heterocycles. The first-order valence-corrected chi connectivity index (χ1v) is 9.52. The summed E-state index contributed by atoms with van der Waals surface area (Å²) in [6.07, 6.45) is 3.63. The Bertz CT molecular complexity index is 1020. The van der Waals surface area contributed by atoms with E-state index in [0.29, 0.717) is 12.2 Å². The number of benzene rings is 2. The number of likely N-dealkylation sites (tertiary alicyclic amines) is 1. The third-order valence-corrected chi connectivity index (χ3v) is 5.44. The van der Waals surface area contributed by atoms with Crippen LogP contribution in [0, 0.1) is 13.5 Å². The van der Waals surface area contributed by atoms with Crippen LogP contribution in [-0.4, -0.2) is 34.9 Å². The summed E-state index contributed by atoms with van der Waals surface area (Å²) in [6.45, 7) is 11.7. The normalized spacial score (nSPS) is 15.0. The second-order valence-corrected chi connectivity index (χ2v) is 7.20. The molecule has 0 amide bonds. The number of piperidine rings is 1. The standard InChI is InChI=1S/C23H23N3O/c1-17-23(22(27)16-25-14-6-3-7-15-25)20-8-4-5-9-21(20)26(17)19-12-10-18(24-2)11-13-19/h4-5,8-13H,3,6-7,14-16H2,1H3. The highest BCUT2D eigenvalue weighted by Crippen LogP contribution is 2.30. The van der Waals surface area contributed by atoms with Crippen LogP contribution in [0.1, 0.15) is 35.3 Å². The van der Waals surface area contributed by atoms with E-state index >= 15 is 0 Å². The second kappa shape index (κ2) is 7.38. The van der Waals surface area contributed by atoms with Crippen LogP contribution >= 0.6 is 0 Å². The summed E-state index contributed by atoms with van der Waals surface area (Å²) in [4.78, 5) is 18.9. The zero-order chi connectivity index (χ0) is 18.8. The molecular formula is C23H23N3O.